The summed E-state index contributed by atoms with van der Waals surface area (Å²) in [6, 6.07) is 5.93. The molecule has 1 unspecified atom stereocenters. The molecule has 0 spiro atoms. The Morgan fingerprint density at radius 2 is 1.52 bits per heavy atom. The van der Waals surface area contributed by atoms with E-state index < -0.39 is 5.60 Å². The normalized spacial score (nSPS) is 24.6. The minimum absolute atomic E-state index is 0.103. The Labute approximate surface area is 186 Å². The van der Waals surface area contributed by atoms with Crippen LogP contribution in [0.15, 0.2) is 24.3 Å². The van der Waals surface area contributed by atoms with E-state index in [9.17, 15) is 14.3 Å². The second kappa shape index (κ2) is 10.4. The lowest BCUT2D eigenvalue weighted by Crippen LogP contribution is -2.54. The number of carbonyl (C=O) groups excluding carboxylic acids is 1. The number of nitrogens with one attached hydrogen (secondary N) is 1. The molecule has 5 heteroatoms. The van der Waals surface area contributed by atoms with Gasteiger partial charge in [-0.25, -0.2) is 4.39 Å². The Morgan fingerprint density at radius 1 is 0.935 bits per heavy atom. The lowest BCUT2D eigenvalue weighted by atomic mass is 9.79. The maximum Gasteiger partial charge on any atom is 0.257 e. The molecular weight excluding hydrogens is 391 g/mol. The molecule has 1 aliphatic heterocycles. The van der Waals surface area contributed by atoms with Gasteiger partial charge in [0.25, 0.3) is 5.91 Å². The number of likely N-dealkylation sites (tertiary alicyclic amines) is 1. The van der Waals surface area contributed by atoms with Crippen molar-refractivity contribution in [2.75, 3.05) is 19.6 Å². The molecule has 2 aliphatic carbocycles. The molecule has 3 aliphatic rings. The summed E-state index contributed by atoms with van der Waals surface area (Å²) in [5, 5.41) is 14.8. The highest BCUT2D eigenvalue weighted by atomic mass is 19.1. The number of benzene rings is 1. The zero-order chi connectivity index (χ0) is 21.7. The molecule has 0 aromatic heterocycles. The quantitative estimate of drug-likeness (QED) is 0.640. The van der Waals surface area contributed by atoms with Crippen molar-refractivity contribution in [3.8, 4) is 0 Å². The number of nitrogens with zero attached hydrogens (tertiary/aromatic N) is 1. The van der Waals surface area contributed by atoms with Crippen LogP contribution < -0.4 is 5.32 Å². The molecule has 172 valence electrons. The first-order valence-electron chi connectivity index (χ1n) is 12.6. The van der Waals surface area contributed by atoms with Crippen LogP contribution in [0.5, 0.6) is 0 Å². The molecule has 1 heterocycles. The fraction of sp³-hybridized carbons (Fsp3) is 0.731. The van der Waals surface area contributed by atoms with Crippen LogP contribution in [0.3, 0.4) is 0 Å². The van der Waals surface area contributed by atoms with E-state index in [4.69, 9.17) is 0 Å². The summed E-state index contributed by atoms with van der Waals surface area (Å²) >= 11 is 0. The van der Waals surface area contributed by atoms with E-state index in [1.807, 2.05) is 0 Å². The third-order valence-electron chi connectivity index (χ3n) is 7.99. The van der Waals surface area contributed by atoms with Crippen molar-refractivity contribution in [1.82, 2.24) is 10.2 Å². The van der Waals surface area contributed by atoms with Gasteiger partial charge in [-0.3, -0.25) is 4.79 Å². The van der Waals surface area contributed by atoms with E-state index in [-0.39, 0.29) is 23.7 Å². The number of aliphatic hydroxyl groups is 1. The summed E-state index contributed by atoms with van der Waals surface area (Å²) in [4.78, 5) is 15.9. The number of carbonyl (C=O) groups is 1. The second-order valence-corrected chi connectivity index (χ2v) is 10.2. The zero-order valence-electron chi connectivity index (χ0n) is 18.8. The zero-order valence-corrected chi connectivity index (χ0v) is 18.8. The molecule has 1 saturated heterocycles. The Balaban J connectivity index is 1.35. The van der Waals surface area contributed by atoms with Crippen molar-refractivity contribution in [3.05, 3.63) is 35.6 Å². The molecule has 4 nitrogen and oxygen atoms in total. The monoisotopic (exact) mass is 430 g/mol. The molecule has 2 saturated carbocycles. The van der Waals surface area contributed by atoms with Gasteiger partial charge < -0.3 is 15.3 Å². The minimum atomic E-state index is -1.57. The van der Waals surface area contributed by atoms with E-state index in [1.165, 1.54) is 57.2 Å². The van der Waals surface area contributed by atoms with Gasteiger partial charge in [0.15, 0.2) is 5.60 Å². The van der Waals surface area contributed by atoms with Crippen LogP contribution in [-0.4, -0.2) is 41.6 Å². The maximum absolute atomic E-state index is 13.5. The fourth-order valence-electron chi connectivity index (χ4n) is 6.07. The van der Waals surface area contributed by atoms with Gasteiger partial charge in [0.2, 0.25) is 0 Å². The van der Waals surface area contributed by atoms with Crippen LogP contribution >= 0.6 is 0 Å². The first-order chi connectivity index (χ1) is 15.1. The van der Waals surface area contributed by atoms with Crippen LogP contribution in [-0.2, 0) is 10.4 Å². The highest BCUT2D eigenvalue weighted by Gasteiger charge is 2.47. The van der Waals surface area contributed by atoms with Gasteiger partial charge in [-0.05, 0) is 62.1 Å². The fourth-order valence-corrected chi connectivity index (χ4v) is 6.07. The van der Waals surface area contributed by atoms with Gasteiger partial charge in [-0.2, -0.15) is 0 Å². The summed E-state index contributed by atoms with van der Waals surface area (Å²) in [7, 11) is 0. The van der Waals surface area contributed by atoms with Crippen LogP contribution in [0.25, 0.3) is 0 Å². The highest BCUT2D eigenvalue weighted by Crippen LogP contribution is 2.41. The second-order valence-electron chi connectivity index (χ2n) is 10.2. The SMILES string of the molecule is O=C(NC1CCN(CC2CCCCCC2)CC1)C(O)(c1ccc(F)cc1)C1CCCC1. The van der Waals surface area contributed by atoms with E-state index in [0.29, 0.717) is 5.56 Å². The lowest BCUT2D eigenvalue weighted by molar-refractivity contribution is -0.148. The molecule has 1 aromatic rings. The van der Waals surface area contributed by atoms with Crippen molar-refractivity contribution in [1.29, 1.82) is 0 Å². The van der Waals surface area contributed by atoms with Crippen molar-refractivity contribution >= 4 is 5.91 Å². The Bertz CT molecular complexity index is 703. The number of rotatable bonds is 6. The van der Waals surface area contributed by atoms with E-state index in [0.717, 1.165) is 57.5 Å². The summed E-state index contributed by atoms with van der Waals surface area (Å²) in [5.74, 6) is 0.0834. The topological polar surface area (TPSA) is 52.6 Å². The summed E-state index contributed by atoms with van der Waals surface area (Å²) in [5.41, 5.74) is -1.05. The summed E-state index contributed by atoms with van der Waals surface area (Å²) in [6.45, 7) is 3.22. The molecule has 4 rings (SSSR count). The smallest absolute Gasteiger partial charge is 0.257 e. The molecule has 0 bridgehead atoms. The van der Waals surface area contributed by atoms with E-state index >= 15 is 0 Å². The summed E-state index contributed by atoms with van der Waals surface area (Å²) < 4.78 is 13.5. The van der Waals surface area contributed by atoms with Crippen molar-refractivity contribution in [2.45, 2.75) is 88.7 Å². The van der Waals surface area contributed by atoms with Crippen LogP contribution in [0.4, 0.5) is 4.39 Å². The number of hydrogen-bond acceptors (Lipinski definition) is 3. The molecule has 1 atom stereocenters. The van der Waals surface area contributed by atoms with Gasteiger partial charge in [0, 0.05) is 31.6 Å². The first kappa shape index (κ1) is 22.7. The van der Waals surface area contributed by atoms with Crippen molar-refractivity contribution in [2.24, 2.45) is 11.8 Å². The van der Waals surface area contributed by atoms with Gasteiger partial charge in [0.1, 0.15) is 5.82 Å². The number of amides is 1. The maximum atomic E-state index is 13.5. The molecule has 31 heavy (non-hydrogen) atoms. The van der Waals surface area contributed by atoms with E-state index in [2.05, 4.69) is 10.2 Å². The Kier molecular flexibility index (Phi) is 7.65. The molecular formula is C26H39FN2O2. The number of piperidine rings is 1. The molecule has 1 amide bonds. The first-order valence-corrected chi connectivity index (χ1v) is 12.6. The minimum Gasteiger partial charge on any atom is -0.375 e. The van der Waals surface area contributed by atoms with Gasteiger partial charge in [0.05, 0.1) is 0 Å². The van der Waals surface area contributed by atoms with Gasteiger partial charge in [-0.15, -0.1) is 0 Å². The lowest BCUT2D eigenvalue weighted by Gasteiger charge is -2.38. The van der Waals surface area contributed by atoms with Crippen molar-refractivity contribution in [3.63, 3.8) is 0 Å². The van der Waals surface area contributed by atoms with Crippen LogP contribution in [0, 0.1) is 17.7 Å². The molecule has 2 N–H and O–H groups in total. The number of hydrogen-bond donors (Lipinski definition) is 2. The predicted octanol–water partition coefficient (Wildman–Crippen LogP) is 4.75. The predicted molar refractivity (Wildman–Crippen MR) is 121 cm³/mol. The van der Waals surface area contributed by atoms with Crippen LogP contribution in [0.2, 0.25) is 0 Å². The average Bonchev–Trinajstić information content (AvgIpc) is 3.21. The van der Waals surface area contributed by atoms with Crippen LogP contribution in [0.1, 0.15) is 82.6 Å². The molecule has 3 fully saturated rings. The van der Waals surface area contributed by atoms with Crippen molar-refractivity contribution < 1.29 is 14.3 Å². The Hall–Kier alpha value is -1.46. The highest BCUT2D eigenvalue weighted by molar-refractivity contribution is 5.87. The standard InChI is InChI=1S/C26H39FN2O2/c27-23-13-11-22(12-14-23)26(31,21-9-5-6-10-21)25(30)28-24-15-17-29(18-16-24)19-20-7-3-1-2-4-8-20/h11-14,20-21,24,31H,1-10,15-19H2,(H,28,30). The van der Waals surface area contributed by atoms with Gasteiger partial charge >= 0.3 is 0 Å². The number of halogens is 1. The largest absolute Gasteiger partial charge is 0.375 e. The Morgan fingerprint density at radius 3 is 2.13 bits per heavy atom. The third-order valence-corrected chi connectivity index (χ3v) is 7.99. The summed E-state index contributed by atoms with van der Waals surface area (Å²) in [6.07, 6.45) is 13.9. The molecule has 1 aromatic carbocycles. The third kappa shape index (κ3) is 5.48. The van der Waals surface area contributed by atoms with Gasteiger partial charge in [-0.1, -0.05) is 50.7 Å². The molecule has 0 radical (unpaired) electrons. The average molecular weight is 431 g/mol. The van der Waals surface area contributed by atoms with E-state index in [1.54, 1.807) is 12.1 Å².